The summed E-state index contributed by atoms with van der Waals surface area (Å²) in [6.45, 7) is 3.81. The van der Waals surface area contributed by atoms with E-state index in [0.717, 1.165) is 20.3 Å². The summed E-state index contributed by atoms with van der Waals surface area (Å²) in [5, 5.41) is 33.5. The lowest BCUT2D eigenvalue weighted by atomic mass is 10.1. The number of para-hydroxylation sites is 1. The molecule has 0 aliphatic carbocycles. The Morgan fingerprint density at radius 1 is 1.20 bits per heavy atom. The van der Waals surface area contributed by atoms with E-state index in [4.69, 9.17) is 21.3 Å². The molecule has 10 nitrogen and oxygen atoms in total. The lowest BCUT2D eigenvalue weighted by molar-refractivity contribution is -0.0511. The van der Waals surface area contributed by atoms with E-state index in [-0.39, 0.29) is 17.2 Å². The van der Waals surface area contributed by atoms with Gasteiger partial charge >= 0.3 is 0 Å². The first-order valence-electron chi connectivity index (χ1n) is 11.1. The number of rotatable bonds is 8. The fourth-order valence-electron chi connectivity index (χ4n) is 3.94. The van der Waals surface area contributed by atoms with Gasteiger partial charge in [-0.3, -0.25) is 4.57 Å². The Morgan fingerprint density at radius 2 is 2.00 bits per heavy atom. The molecule has 3 unspecified atom stereocenters. The van der Waals surface area contributed by atoms with Crippen molar-refractivity contribution in [1.29, 1.82) is 0 Å². The number of fused-ring (bicyclic) bond motifs is 2. The molecular weight excluding hydrogens is 512 g/mol. The molecule has 1 aromatic carbocycles. The third-order valence-electron chi connectivity index (χ3n) is 5.97. The molecule has 186 valence electrons. The summed E-state index contributed by atoms with van der Waals surface area (Å²) in [7, 11) is 0. The number of aliphatic hydroxyl groups is 3. The fraction of sp³-hybridized carbons (Fsp3) is 0.455. The quantitative estimate of drug-likeness (QED) is 0.196. The molecule has 1 fully saturated rings. The zero-order valence-electron chi connectivity index (χ0n) is 18.9. The minimum atomic E-state index is -1.26. The van der Waals surface area contributed by atoms with Gasteiger partial charge in [-0.05, 0) is 29.7 Å². The van der Waals surface area contributed by atoms with Crippen LogP contribution in [0.3, 0.4) is 0 Å². The Kier molecular flexibility index (Phi) is 7.13. The van der Waals surface area contributed by atoms with E-state index in [2.05, 4.69) is 40.2 Å². The summed E-state index contributed by atoms with van der Waals surface area (Å²) in [4.78, 5) is 17.8. The highest BCUT2D eigenvalue weighted by Crippen LogP contribution is 2.34. The van der Waals surface area contributed by atoms with E-state index in [1.807, 2.05) is 18.2 Å². The highest BCUT2D eigenvalue weighted by atomic mass is 35.5. The van der Waals surface area contributed by atoms with Crippen molar-refractivity contribution in [3.63, 3.8) is 0 Å². The first kappa shape index (κ1) is 24.6. The standard InChI is InChI=1S/C22H25ClN6O4S2/c1-10(2)12(8-34-22-26-11-5-3-4-6-14(11)35-22)25-18-15-19(28-21(23)27-18)29(9-24-15)20-17(32)16(31)13(7-30)33-20/h3-6,9-10,12-13,16-17,20,30-32H,7-8H2,1-2H3,(H,25,27,28)/t12?,13-,16?,17?,20-/m1/s1. The molecule has 4 N–H and O–H groups in total. The summed E-state index contributed by atoms with van der Waals surface area (Å²) in [5.41, 5.74) is 1.81. The molecule has 0 radical (unpaired) electrons. The summed E-state index contributed by atoms with van der Waals surface area (Å²) in [6.07, 6.45) is -2.92. The van der Waals surface area contributed by atoms with Gasteiger partial charge in [0, 0.05) is 11.8 Å². The van der Waals surface area contributed by atoms with Gasteiger partial charge in [0.1, 0.15) is 18.3 Å². The lowest BCUT2D eigenvalue weighted by Crippen LogP contribution is -2.33. The van der Waals surface area contributed by atoms with Crippen LogP contribution in [0, 0.1) is 5.92 Å². The Balaban J connectivity index is 1.39. The van der Waals surface area contributed by atoms with Crippen LogP contribution in [0.2, 0.25) is 5.28 Å². The number of anilines is 1. The van der Waals surface area contributed by atoms with Crippen LogP contribution >= 0.6 is 34.7 Å². The second kappa shape index (κ2) is 10.1. The van der Waals surface area contributed by atoms with Crippen LogP contribution in [0.5, 0.6) is 0 Å². The third kappa shape index (κ3) is 4.84. The topological polar surface area (TPSA) is 138 Å². The number of benzene rings is 1. The average Bonchev–Trinajstić information content (AvgIpc) is 3.52. The molecule has 1 saturated heterocycles. The van der Waals surface area contributed by atoms with Crippen LogP contribution in [-0.4, -0.2) is 76.5 Å². The number of thiazole rings is 1. The molecule has 35 heavy (non-hydrogen) atoms. The second-order valence-electron chi connectivity index (χ2n) is 8.65. The summed E-state index contributed by atoms with van der Waals surface area (Å²) in [5.74, 6) is 1.48. The number of aromatic nitrogens is 5. The van der Waals surface area contributed by atoms with Crippen molar-refractivity contribution in [1.82, 2.24) is 24.5 Å². The number of imidazole rings is 1. The van der Waals surface area contributed by atoms with Crippen LogP contribution in [0.25, 0.3) is 21.4 Å². The molecule has 4 aromatic rings. The van der Waals surface area contributed by atoms with E-state index in [1.54, 1.807) is 23.1 Å². The van der Waals surface area contributed by atoms with Crippen molar-refractivity contribution in [2.24, 2.45) is 5.92 Å². The predicted molar refractivity (Wildman–Crippen MR) is 136 cm³/mol. The van der Waals surface area contributed by atoms with Crippen LogP contribution in [-0.2, 0) is 4.74 Å². The molecule has 0 saturated carbocycles. The molecule has 5 rings (SSSR count). The third-order valence-corrected chi connectivity index (χ3v) is 8.44. The number of hydrogen-bond acceptors (Lipinski definition) is 11. The first-order valence-corrected chi connectivity index (χ1v) is 13.3. The second-order valence-corrected chi connectivity index (χ2v) is 11.3. The van der Waals surface area contributed by atoms with Crippen LogP contribution in [0.15, 0.2) is 34.9 Å². The molecule has 1 aliphatic rings. The largest absolute Gasteiger partial charge is 0.394 e. The zero-order chi connectivity index (χ0) is 24.7. The zero-order valence-corrected chi connectivity index (χ0v) is 21.3. The van der Waals surface area contributed by atoms with Gasteiger partial charge in [-0.25, -0.2) is 9.97 Å². The first-order chi connectivity index (χ1) is 16.9. The molecule has 0 bridgehead atoms. The number of nitrogens with one attached hydrogen (secondary N) is 1. The number of ether oxygens (including phenoxy) is 1. The van der Waals surface area contributed by atoms with Crippen LogP contribution in [0.1, 0.15) is 20.1 Å². The number of aliphatic hydroxyl groups excluding tert-OH is 3. The van der Waals surface area contributed by atoms with Crippen molar-refractivity contribution in [2.75, 3.05) is 17.7 Å². The van der Waals surface area contributed by atoms with Gasteiger partial charge in [-0.1, -0.05) is 37.7 Å². The van der Waals surface area contributed by atoms with Gasteiger partial charge in [0.2, 0.25) is 5.28 Å². The van der Waals surface area contributed by atoms with Crippen molar-refractivity contribution in [3.8, 4) is 0 Å². The molecule has 3 aromatic heterocycles. The summed E-state index contributed by atoms with van der Waals surface area (Å²) in [6, 6.07) is 8.10. The maximum Gasteiger partial charge on any atom is 0.226 e. The van der Waals surface area contributed by atoms with Gasteiger partial charge in [0.25, 0.3) is 0 Å². The van der Waals surface area contributed by atoms with Gasteiger partial charge in [-0.2, -0.15) is 9.97 Å². The van der Waals surface area contributed by atoms with E-state index >= 15 is 0 Å². The Hall–Kier alpha value is -2.06. The number of halogens is 1. The number of thioether (sulfide) groups is 1. The van der Waals surface area contributed by atoms with Gasteiger partial charge in [0.05, 0.1) is 23.2 Å². The fourth-order valence-corrected chi connectivity index (χ4v) is 6.46. The summed E-state index contributed by atoms with van der Waals surface area (Å²) >= 11 is 9.60. The maximum atomic E-state index is 10.4. The molecule has 1 aliphatic heterocycles. The van der Waals surface area contributed by atoms with Gasteiger partial charge < -0.3 is 25.4 Å². The van der Waals surface area contributed by atoms with Gasteiger partial charge in [-0.15, -0.1) is 11.3 Å². The van der Waals surface area contributed by atoms with E-state index < -0.39 is 31.1 Å². The number of hydrogen-bond donors (Lipinski definition) is 4. The number of nitrogens with zero attached hydrogens (tertiary/aromatic N) is 5. The molecule has 5 atom stereocenters. The Labute approximate surface area is 214 Å². The van der Waals surface area contributed by atoms with Crippen molar-refractivity contribution in [2.45, 2.75) is 48.8 Å². The summed E-state index contributed by atoms with van der Waals surface area (Å²) < 4.78 is 9.29. The minimum Gasteiger partial charge on any atom is -0.394 e. The lowest BCUT2D eigenvalue weighted by Gasteiger charge is -2.22. The Morgan fingerprint density at radius 3 is 2.71 bits per heavy atom. The van der Waals surface area contributed by atoms with Crippen molar-refractivity contribution >= 4 is 61.9 Å². The average molecular weight is 537 g/mol. The van der Waals surface area contributed by atoms with E-state index in [1.165, 1.54) is 10.9 Å². The minimum absolute atomic E-state index is 0.00910. The normalized spacial score (nSPS) is 23.5. The van der Waals surface area contributed by atoms with Crippen molar-refractivity contribution < 1.29 is 20.1 Å². The highest BCUT2D eigenvalue weighted by Gasteiger charge is 2.44. The van der Waals surface area contributed by atoms with Crippen LogP contribution < -0.4 is 5.32 Å². The van der Waals surface area contributed by atoms with E-state index in [0.29, 0.717) is 17.0 Å². The molecule has 4 heterocycles. The van der Waals surface area contributed by atoms with Gasteiger partial charge in [0.15, 0.2) is 27.5 Å². The highest BCUT2D eigenvalue weighted by molar-refractivity contribution is 8.01. The van der Waals surface area contributed by atoms with Crippen molar-refractivity contribution in [3.05, 3.63) is 35.9 Å². The smallest absolute Gasteiger partial charge is 0.226 e. The Bertz CT molecular complexity index is 1300. The molecular formula is C22H25ClN6O4S2. The maximum absolute atomic E-state index is 10.4. The monoisotopic (exact) mass is 536 g/mol. The molecule has 0 spiro atoms. The molecule has 0 amide bonds. The predicted octanol–water partition coefficient (Wildman–Crippen LogP) is 2.93. The van der Waals surface area contributed by atoms with Crippen LogP contribution in [0.4, 0.5) is 5.82 Å². The van der Waals surface area contributed by atoms with E-state index in [9.17, 15) is 15.3 Å². The molecule has 13 heteroatoms. The SMILES string of the molecule is CC(C)C(CSc1nc2ccccc2s1)Nc1nc(Cl)nc2c1ncn2[C@@H]1O[C@H](CO)C(O)C1O.